The summed E-state index contributed by atoms with van der Waals surface area (Å²) in [6.07, 6.45) is 0. The number of methoxy groups -OCH3 is 1. The van der Waals surface area contributed by atoms with Gasteiger partial charge in [-0.25, -0.2) is 0 Å². The molecule has 4 nitrogen and oxygen atoms in total. The summed E-state index contributed by atoms with van der Waals surface area (Å²) >= 11 is 17.6. The molecule has 0 aromatic heterocycles. The molecule has 2 aromatic rings. The predicted molar refractivity (Wildman–Crippen MR) is 105 cm³/mol. The quantitative estimate of drug-likeness (QED) is 0.718. The van der Waals surface area contributed by atoms with Crippen molar-refractivity contribution >= 4 is 52.1 Å². The first kappa shape index (κ1) is 18.0. The third-order valence-corrected chi connectivity index (χ3v) is 5.78. The van der Waals surface area contributed by atoms with Crippen LogP contribution in [0.2, 0.25) is 10.0 Å². The minimum atomic E-state index is -0.921. The minimum absolute atomic E-state index is 0.149. The second-order valence-corrected chi connectivity index (χ2v) is 7.06. The molecule has 0 aliphatic carbocycles. The summed E-state index contributed by atoms with van der Waals surface area (Å²) in [7, 11) is 3.41. The summed E-state index contributed by atoms with van der Waals surface area (Å²) in [6, 6.07) is 12.4. The monoisotopic (exact) mass is 394 g/mol. The molecule has 1 aliphatic heterocycles. The van der Waals surface area contributed by atoms with Gasteiger partial charge in [0.2, 0.25) is 0 Å². The van der Waals surface area contributed by atoms with Gasteiger partial charge in [-0.05, 0) is 55.0 Å². The molecule has 1 fully saturated rings. The molecular formula is C18H16Cl2N2O2S. The topological polar surface area (TPSA) is 32.8 Å². The SMILES string of the molecule is COc1ccc(C2(C)C(=O)N(c3ccc(Cl)c(Cl)c3)C(=S)N2C)cc1. The molecule has 25 heavy (non-hydrogen) atoms. The maximum Gasteiger partial charge on any atom is 0.263 e. The van der Waals surface area contributed by atoms with Crippen LogP contribution in [0.3, 0.4) is 0 Å². The van der Waals surface area contributed by atoms with Gasteiger partial charge in [0.1, 0.15) is 11.3 Å². The van der Waals surface area contributed by atoms with E-state index in [2.05, 4.69) is 0 Å². The molecule has 7 heteroatoms. The number of carbonyl (C=O) groups is 1. The van der Waals surface area contributed by atoms with E-state index in [1.807, 2.05) is 38.2 Å². The number of likely N-dealkylation sites (N-methyl/N-ethyl adjacent to an activating group) is 1. The Labute approximate surface area is 161 Å². The van der Waals surface area contributed by atoms with Crippen LogP contribution in [0.1, 0.15) is 12.5 Å². The van der Waals surface area contributed by atoms with Crippen molar-refractivity contribution in [1.82, 2.24) is 4.90 Å². The lowest BCUT2D eigenvalue weighted by Gasteiger charge is -2.30. The highest BCUT2D eigenvalue weighted by atomic mass is 35.5. The first-order chi connectivity index (χ1) is 11.8. The minimum Gasteiger partial charge on any atom is -0.497 e. The van der Waals surface area contributed by atoms with Gasteiger partial charge in [-0.15, -0.1) is 0 Å². The maximum atomic E-state index is 13.3. The Bertz CT molecular complexity index is 857. The fraction of sp³-hybridized carbons (Fsp3) is 0.222. The number of amides is 1. The highest BCUT2D eigenvalue weighted by Crippen LogP contribution is 2.40. The number of benzene rings is 2. The summed E-state index contributed by atoms with van der Waals surface area (Å²) < 4.78 is 5.19. The van der Waals surface area contributed by atoms with E-state index in [9.17, 15) is 4.79 Å². The van der Waals surface area contributed by atoms with Crippen LogP contribution in [-0.2, 0) is 10.3 Å². The molecule has 1 aliphatic rings. The van der Waals surface area contributed by atoms with Crippen molar-refractivity contribution in [3.63, 3.8) is 0 Å². The van der Waals surface area contributed by atoms with Gasteiger partial charge in [-0.3, -0.25) is 9.69 Å². The van der Waals surface area contributed by atoms with Gasteiger partial charge >= 0.3 is 0 Å². The average Bonchev–Trinajstić information content (AvgIpc) is 2.79. The molecular weight excluding hydrogens is 379 g/mol. The van der Waals surface area contributed by atoms with Crippen molar-refractivity contribution in [1.29, 1.82) is 0 Å². The summed E-state index contributed by atoms with van der Waals surface area (Å²) in [6.45, 7) is 1.85. The van der Waals surface area contributed by atoms with Crippen LogP contribution >= 0.6 is 35.4 Å². The van der Waals surface area contributed by atoms with Crippen LogP contribution < -0.4 is 9.64 Å². The molecule has 130 valence electrons. The second kappa shape index (κ2) is 6.48. The lowest BCUT2D eigenvalue weighted by Crippen LogP contribution is -2.42. The first-order valence-corrected chi connectivity index (χ1v) is 8.69. The number of hydrogen-bond acceptors (Lipinski definition) is 3. The average molecular weight is 395 g/mol. The number of rotatable bonds is 3. The van der Waals surface area contributed by atoms with Crippen LogP contribution in [0, 0.1) is 0 Å². The molecule has 0 bridgehead atoms. The number of ether oxygens (including phenoxy) is 1. The Morgan fingerprint density at radius 3 is 2.28 bits per heavy atom. The fourth-order valence-corrected chi connectivity index (χ4v) is 3.54. The van der Waals surface area contributed by atoms with Crippen LogP contribution in [0.25, 0.3) is 0 Å². The lowest BCUT2D eigenvalue weighted by molar-refractivity contribution is -0.124. The van der Waals surface area contributed by atoms with Gasteiger partial charge in [-0.2, -0.15) is 0 Å². The zero-order valence-electron chi connectivity index (χ0n) is 13.9. The second-order valence-electron chi connectivity index (χ2n) is 5.88. The number of carbonyl (C=O) groups excluding carboxylic acids is 1. The summed E-state index contributed by atoms with van der Waals surface area (Å²) in [5.74, 6) is 0.577. The number of nitrogens with zero attached hydrogens (tertiary/aromatic N) is 2. The van der Waals surface area contributed by atoms with Crippen molar-refractivity contribution in [3.8, 4) is 5.75 Å². The molecule has 3 rings (SSSR count). The Kier molecular flexibility index (Phi) is 4.66. The highest BCUT2D eigenvalue weighted by Gasteiger charge is 2.52. The van der Waals surface area contributed by atoms with E-state index >= 15 is 0 Å². The van der Waals surface area contributed by atoms with E-state index in [1.165, 1.54) is 4.90 Å². The van der Waals surface area contributed by atoms with E-state index in [4.69, 9.17) is 40.2 Å². The largest absolute Gasteiger partial charge is 0.497 e. The van der Waals surface area contributed by atoms with Crippen molar-refractivity contribution < 1.29 is 9.53 Å². The standard InChI is InChI=1S/C18H16Cl2N2O2S/c1-18(11-4-7-13(24-3)8-5-11)16(23)22(17(25)21(18)2)12-6-9-14(19)15(20)10-12/h4-10H,1-3H3. The molecule has 1 saturated heterocycles. The number of hydrogen-bond donors (Lipinski definition) is 0. The molecule has 1 atom stereocenters. The fourth-order valence-electron chi connectivity index (χ4n) is 2.87. The van der Waals surface area contributed by atoms with Gasteiger partial charge in [-0.1, -0.05) is 35.3 Å². The van der Waals surface area contributed by atoms with E-state index in [-0.39, 0.29) is 5.91 Å². The third kappa shape index (κ3) is 2.76. The molecule has 0 spiro atoms. The zero-order valence-corrected chi connectivity index (χ0v) is 16.2. The van der Waals surface area contributed by atoms with E-state index in [1.54, 1.807) is 30.2 Å². The van der Waals surface area contributed by atoms with Gasteiger partial charge < -0.3 is 9.64 Å². The summed E-state index contributed by atoms with van der Waals surface area (Å²) in [5.41, 5.74) is 0.495. The molecule has 2 aromatic carbocycles. The summed E-state index contributed by atoms with van der Waals surface area (Å²) in [5, 5.41) is 1.20. The van der Waals surface area contributed by atoms with E-state index in [0.29, 0.717) is 20.8 Å². The van der Waals surface area contributed by atoms with Gasteiger partial charge in [0.05, 0.1) is 22.8 Å². The van der Waals surface area contributed by atoms with Crippen LogP contribution in [-0.4, -0.2) is 30.1 Å². The van der Waals surface area contributed by atoms with Gasteiger partial charge in [0.25, 0.3) is 5.91 Å². The number of anilines is 1. The lowest BCUT2D eigenvalue weighted by atomic mass is 9.90. The van der Waals surface area contributed by atoms with Crippen LogP contribution in [0.15, 0.2) is 42.5 Å². The Hall–Kier alpha value is -1.82. The third-order valence-electron chi connectivity index (χ3n) is 4.58. The van der Waals surface area contributed by atoms with Crippen molar-refractivity contribution in [2.45, 2.75) is 12.5 Å². The Morgan fingerprint density at radius 1 is 1.08 bits per heavy atom. The first-order valence-electron chi connectivity index (χ1n) is 7.52. The molecule has 0 N–H and O–H groups in total. The molecule has 0 saturated carbocycles. The number of halogens is 2. The molecule has 1 unspecified atom stereocenters. The van der Waals surface area contributed by atoms with Crippen LogP contribution in [0.5, 0.6) is 5.75 Å². The Balaban J connectivity index is 2.06. The Morgan fingerprint density at radius 2 is 1.72 bits per heavy atom. The molecule has 1 amide bonds. The van der Waals surface area contributed by atoms with Crippen molar-refractivity contribution in [2.24, 2.45) is 0 Å². The van der Waals surface area contributed by atoms with E-state index in [0.717, 1.165) is 11.3 Å². The van der Waals surface area contributed by atoms with Gasteiger partial charge in [0.15, 0.2) is 5.11 Å². The highest BCUT2D eigenvalue weighted by molar-refractivity contribution is 7.80. The van der Waals surface area contributed by atoms with Crippen LogP contribution in [0.4, 0.5) is 5.69 Å². The van der Waals surface area contributed by atoms with Crippen molar-refractivity contribution in [3.05, 3.63) is 58.1 Å². The molecule has 1 heterocycles. The normalized spacial score (nSPS) is 20.4. The van der Waals surface area contributed by atoms with Crippen molar-refractivity contribution in [2.75, 3.05) is 19.1 Å². The predicted octanol–water partition coefficient (Wildman–Crippen LogP) is 4.48. The molecule has 0 radical (unpaired) electrons. The number of thiocarbonyl (C=S) groups is 1. The summed E-state index contributed by atoms with van der Waals surface area (Å²) in [4.78, 5) is 16.6. The van der Waals surface area contributed by atoms with Gasteiger partial charge in [0, 0.05) is 7.05 Å². The smallest absolute Gasteiger partial charge is 0.263 e. The zero-order chi connectivity index (χ0) is 18.4. The maximum absolute atomic E-state index is 13.3. The van der Waals surface area contributed by atoms with E-state index < -0.39 is 5.54 Å².